The molecule has 0 bridgehead atoms. The Hall–Kier alpha value is -2.65. The highest BCUT2D eigenvalue weighted by Gasteiger charge is 2.30. The molecule has 0 unspecified atom stereocenters. The maximum absolute atomic E-state index is 12.8. The first kappa shape index (κ1) is 16.2. The van der Waals surface area contributed by atoms with E-state index in [1.165, 1.54) is 17.4 Å². The Bertz CT molecular complexity index is 961. The quantitative estimate of drug-likeness (QED) is 0.560. The minimum atomic E-state index is -4.41. The fourth-order valence-electron chi connectivity index (χ4n) is 2.19. The molecule has 0 atom stereocenters. The van der Waals surface area contributed by atoms with Crippen LogP contribution in [0.3, 0.4) is 0 Å². The van der Waals surface area contributed by atoms with Crippen LogP contribution in [0.1, 0.15) is 21.7 Å². The van der Waals surface area contributed by atoms with Crippen LogP contribution in [0, 0.1) is 18.3 Å². The van der Waals surface area contributed by atoms with Crippen molar-refractivity contribution in [2.24, 2.45) is 0 Å². The molecule has 1 aromatic heterocycles. The maximum atomic E-state index is 12.8. The highest BCUT2D eigenvalue weighted by Crippen LogP contribution is 2.34. The SMILES string of the molecule is Cc1ccc(/C=C(\C#N)c2nc3cc(C(F)(F)F)ccc3s2)cc1. The number of hydrogen-bond donors (Lipinski definition) is 0. The number of halogens is 3. The van der Waals surface area contributed by atoms with Gasteiger partial charge < -0.3 is 0 Å². The lowest BCUT2D eigenvalue weighted by Crippen LogP contribution is -2.03. The van der Waals surface area contributed by atoms with E-state index in [0.717, 1.165) is 23.3 Å². The summed E-state index contributed by atoms with van der Waals surface area (Å²) in [6.45, 7) is 1.96. The van der Waals surface area contributed by atoms with E-state index in [1.807, 2.05) is 31.2 Å². The van der Waals surface area contributed by atoms with Gasteiger partial charge in [-0.25, -0.2) is 4.98 Å². The summed E-state index contributed by atoms with van der Waals surface area (Å²) in [6.07, 6.45) is -2.73. The van der Waals surface area contributed by atoms with E-state index in [4.69, 9.17) is 0 Å². The van der Waals surface area contributed by atoms with Gasteiger partial charge in [0.2, 0.25) is 0 Å². The maximum Gasteiger partial charge on any atom is 0.416 e. The number of aromatic nitrogens is 1. The van der Waals surface area contributed by atoms with Gasteiger partial charge in [-0.3, -0.25) is 0 Å². The van der Waals surface area contributed by atoms with Crippen LogP contribution in [0.4, 0.5) is 13.2 Å². The molecule has 0 fully saturated rings. The molecule has 0 amide bonds. The third kappa shape index (κ3) is 3.31. The van der Waals surface area contributed by atoms with Crippen LogP contribution in [-0.2, 0) is 6.18 Å². The van der Waals surface area contributed by atoms with Gasteiger partial charge in [-0.15, -0.1) is 11.3 Å². The van der Waals surface area contributed by atoms with Crippen LogP contribution >= 0.6 is 11.3 Å². The summed E-state index contributed by atoms with van der Waals surface area (Å²) in [4.78, 5) is 4.20. The Balaban J connectivity index is 2.04. The number of benzene rings is 2. The molecule has 24 heavy (non-hydrogen) atoms. The Labute approximate surface area is 140 Å². The minimum absolute atomic E-state index is 0.245. The second-order valence-electron chi connectivity index (χ2n) is 5.28. The topological polar surface area (TPSA) is 36.7 Å². The monoisotopic (exact) mass is 344 g/mol. The van der Waals surface area contributed by atoms with Gasteiger partial charge >= 0.3 is 6.18 Å². The molecular weight excluding hydrogens is 333 g/mol. The summed E-state index contributed by atoms with van der Waals surface area (Å²) in [7, 11) is 0. The minimum Gasteiger partial charge on any atom is -0.235 e. The van der Waals surface area contributed by atoms with Crippen molar-refractivity contribution in [2.45, 2.75) is 13.1 Å². The number of nitriles is 1. The average Bonchev–Trinajstić information content (AvgIpc) is 2.96. The average molecular weight is 344 g/mol. The molecule has 120 valence electrons. The first-order valence-corrected chi connectivity index (χ1v) is 7.85. The third-order valence-corrected chi connectivity index (χ3v) is 4.52. The smallest absolute Gasteiger partial charge is 0.235 e. The van der Waals surface area contributed by atoms with Gasteiger partial charge in [0, 0.05) is 0 Å². The van der Waals surface area contributed by atoms with Crippen LogP contribution in [0.25, 0.3) is 21.9 Å². The van der Waals surface area contributed by atoms with Crippen molar-refractivity contribution in [2.75, 3.05) is 0 Å². The molecule has 6 heteroatoms. The van der Waals surface area contributed by atoms with Gasteiger partial charge in [0.25, 0.3) is 0 Å². The van der Waals surface area contributed by atoms with Gasteiger partial charge in [-0.05, 0) is 36.8 Å². The Morgan fingerprint density at radius 2 is 1.88 bits per heavy atom. The zero-order chi connectivity index (χ0) is 17.3. The molecule has 0 N–H and O–H groups in total. The summed E-state index contributed by atoms with van der Waals surface area (Å²) < 4.78 is 39.0. The van der Waals surface area contributed by atoms with Gasteiger partial charge in [0.05, 0.1) is 21.4 Å². The number of hydrogen-bond acceptors (Lipinski definition) is 3. The molecule has 0 aliphatic carbocycles. The predicted octanol–water partition coefficient (Wildman–Crippen LogP) is 5.69. The van der Waals surface area contributed by atoms with Crippen molar-refractivity contribution < 1.29 is 13.2 Å². The molecule has 3 rings (SSSR count). The van der Waals surface area contributed by atoms with Gasteiger partial charge in [0.15, 0.2) is 0 Å². The number of aryl methyl sites for hydroxylation is 1. The molecule has 0 spiro atoms. The van der Waals surface area contributed by atoms with Gasteiger partial charge in [-0.1, -0.05) is 29.8 Å². The molecule has 0 saturated carbocycles. The van der Waals surface area contributed by atoms with Crippen molar-refractivity contribution in [3.63, 3.8) is 0 Å². The first-order valence-electron chi connectivity index (χ1n) is 7.03. The van der Waals surface area contributed by atoms with E-state index in [1.54, 1.807) is 6.08 Å². The summed E-state index contributed by atoms with van der Waals surface area (Å²) in [6, 6.07) is 13.1. The van der Waals surface area contributed by atoms with Gasteiger partial charge in [0.1, 0.15) is 11.1 Å². The molecule has 2 nitrogen and oxygen atoms in total. The molecule has 0 aliphatic heterocycles. The van der Waals surface area contributed by atoms with Crippen molar-refractivity contribution in [3.8, 4) is 6.07 Å². The highest BCUT2D eigenvalue weighted by molar-refractivity contribution is 7.19. The molecule has 1 heterocycles. The normalized spacial score (nSPS) is 12.4. The number of allylic oxidation sites excluding steroid dienone is 1. The highest BCUT2D eigenvalue weighted by atomic mass is 32.1. The summed E-state index contributed by atoms with van der Waals surface area (Å²) in [5.74, 6) is 0. The Morgan fingerprint density at radius 1 is 1.17 bits per heavy atom. The lowest BCUT2D eigenvalue weighted by molar-refractivity contribution is -0.137. The van der Waals surface area contributed by atoms with Gasteiger partial charge in [-0.2, -0.15) is 18.4 Å². The van der Waals surface area contributed by atoms with Crippen molar-refractivity contribution in [1.82, 2.24) is 4.98 Å². The molecule has 0 radical (unpaired) electrons. The first-order chi connectivity index (χ1) is 11.4. The second-order valence-corrected chi connectivity index (χ2v) is 6.31. The summed E-state index contributed by atoms with van der Waals surface area (Å²) in [5, 5.41) is 9.78. The van der Waals surface area contributed by atoms with Crippen LogP contribution in [0.15, 0.2) is 42.5 Å². The third-order valence-electron chi connectivity index (χ3n) is 3.45. The van der Waals surface area contributed by atoms with Crippen LogP contribution in [-0.4, -0.2) is 4.98 Å². The standard InChI is InChI=1S/C18H11F3N2S/c1-11-2-4-12(5-3-11)8-13(10-22)17-23-15-9-14(18(19,20)21)6-7-16(15)24-17/h2-9H,1H3/b13-8+. The van der Waals surface area contributed by atoms with Crippen molar-refractivity contribution in [1.29, 1.82) is 5.26 Å². The molecular formula is C18H11F3N2S. The van der Waals surface area contributed by atoms with E-state index < -0.39 is 11.7 Å². The zero-order valence-electron chi connectivity index (χ0n) is 12.6. The van der Waals surface area contributed by atoms with Crippen molar-refractivity contribution in [3.05, 3.63) is 64.2 Å². The molecule has 3 aromatic rings. The van der Waals surface area contributed by atoms with E-state index in [9.17, 15) is 18.4 Å². The largest absolute Gasteiger partial charge is 0.416 e. The fourth-order valence-corrected chi connectivity index (χ4v) is 3.10. The van der Waals surface area contributed by atoms with Crippen LogP contribution in [0.5, 0.6) is 0 Å². The summed E-state index contributed by atoms with van der Waals surface area (Å²) in [5.41, 5.74) is 1.77. The van der Waals surface area contributed by atoms with Crippen LogP contribution in [0.2, 0.25) is 0 Å². The number of alkyl halides is 3. The number of rotatable bonds is 2. The van der Waals surface area contributed by atoms with Crippen molar-refractivity contribution >= 4 is 33.2 Å². The fraction of sp³-hybridized carbons (Fsp3) is 0.111. The number of thiazole rings is 1. The van der Waals surface area contributed by atoms with E-state index >= 15 is 0 Å². The van der Waals surface area contributed by atoms with Crippen LogP contribution < -0.4 is 0 Å². The lowest BCUT2D eigenvalue weighted by Gasteiger charge is -2.04. The number of fused-ring (bicyclic) bond motifs is 1. The number of nitrogens with zero attached hydrogens (tertiary/aromatic N) is 2. The summed E-state index contributed by atoms with van der Waals surface area (Å²) >= 11 is 1.20. The van der Waals surface area contributed by atoms with E-state index in [-0.39, 0.29) is 5.52 Å². The molecule has 0 aliphatic rings. The van der Waals surface area contributed by atoms with E-state index in [0.29, 0.717) is 15.3 Å². The Kier molecular flexibility index (Phi) is 4.12. The lowest BCUT2D eigenvalue weighted by atomic mass is 10.1. The second kappa shape index (κ2) is 6.10. The van der Waals surface area contributed by atoms with E-state index in [2.05, 4.69) is 11.1 Å². The zero-order valence-corrected chi connectivity index (χ0v) is 13.4. The Morgan fingerprint density at radius 3 is 2.50 bits per heavy atom. The molecule has 2 aromatic carbocycles. The predicted molar refractivity (Wildman–Crippen MR) is 89.3 cm³/mol. The molecule has 0 saturated heterocycles.